The lowest BCUT2D eigenvalue weighted by molar-refractivity contribution is 0.102. The van der Waals surface area contributed by atoms with Crippen LogP contribution in [0.5, 0.6) is 0 Å². The molecular weight excluding hydrogens is 464 g/mol. The highest BCUT2D eigenvalue weighted by Crippen LogP contribution is 2.48. The zero-order valence-corrected chi connectivity index (χ0v) is 18.8. The summed E-state index contributed by atoms with van der Waals surface area (Å²) < 4.78 is 28.8. The molecule has 7 nitrogen and oxygen atoms in total. The van der Waals surface area contributed by atoms with Crippen molar-refractivity contribution in [2.75, 3.05) is 5.32 Å². The smallest absolute Gasteiger partial charge is 0.264 e. The zero-order chi connectivity index (χ0) is 24.9. The summed E-state index contributed by atoms with van der Waals surface area (Å²) in [7, 11) is 0. The molecule has 1 saturated carbocycles. The third-order valence-electron chi connectivity index (χ3n) is 6.64. The summed E-state index contributed by atoms with van der Waals surface area (Å²) in [4.78, 5) is 38.2. The van der Waals surface area contributed by atoms with E-state index in [1.165, 1.54) is 22.9 Å². The molecule has 1 aliphatic rings. The van der Waals surface area contributed by atoms with E-state index in [1.807, 2.05) is 12.1 Å². The number of aromatic amines is 1. The van der Waals surface area contributed by atoms with Crippen LogP contribution in [0, 0.1) is 11.6 Å². The molecule has 0 atom stereocenters. The number of aromatic nitrogens is 4. The quantitative estimate of drug-likeness (QED) is 0.374. The average molecular weight is 483 g/mol. The molecule has 1 aromatic carbocycles. The number of halogens is 2. The molecule has 6 rings (SSSR count). The number of carbonyl (C=O) groups excluding carboxylic acids is 1. The second-order valence-corrected chi connectivity index (χ2v) is 8.73. The SMILES string of the molecule is O=C(Nc1cnccc1-c1c[nH]c2ncccc12)c1cccn(C2(c3ccc(F)c(F)c3)CC2)c1=O. The fraction of sp³-hybridized carbons (Fsp3) is 0.111. The molecule has 36 heavy (non-hydrogen) atoms. The Morgan fingerprint density at radius 3 is 2.69 bits per heavy atom. The number of pyridine rings is 3. The highest BCUT2D eigenvalue weighted by Gasteiger charge is 2.47. The van der Waals surface area contributed by atoms with Gasteiger partial charge >= 0.3 is 0 Å². The van der Waals surface area contributed by atoms with Crippen molar-refractivity contribution < 1.29 is 13.6 Å². The van der Waals surface area contributed by atoms with Crippen molar-refractivity contribution in [1.29, 1.82) is 0 Å². The summed E-state index contributed by atoms with van der Waals surface area (Å²) in [6, 6.07) is 12.2. The Morgan fingerprint density at radius 1 is 1.03 bits per heavy atom. The van der Waals surface area contributed by atoms with Gasteiger partial charge in [-0.05, 0) is 60.9 Å². The van der Waals surface area contributed by atoms with Crippen molar-refractivity contribution in [3.8, 4) is 11.1 Å². The number of hydrogen-bond donors (Lipinski definition) is 2. The van der Waals surface area contributed by atoms with E-state index in [0.29, 0.717) is 35.3 Å². The van der Waals surface area contributed by atoms with Crippen molar-refractivity contribution in [2.24, 2.45) is 0 Å². The molecule has 0 saturated heterocycles. The van der Waals surface area contributed by atoms with Crippen LogP contribution in [0.3, 0.4) is 0 Å². The molecule has 0 aliphatic heterocycles. The Kier molecular flexibility index (Phi) is 4.99. The minimum atomic E-state index is -0.975. The highest BCUT2D eigenvalue weighted by molar-refractivity contribution is 6.07. The second-order valence-electron chi connectivity index (χ2n) is 8.73. The lowest BCUT2D eigenvalue weighted by Gasteiger charge is -2.20. The van der Waals surface area contributed by atoms with Crippen LogP contribution in [0.25, 0.3) is 22.2 Å². The van der Waals surface area contributed by atoms with Crippen LogP contribution in [0.15, 0.2) is 84.3 Å². The topological polar surface area (TPSA) is 92.7 Å². The van der Waals surface area contributed by atoms with Gasteiger partial charge in [0.15, 0.2) is 11.6 Å². The second kappa shape index (κ2) is 8.23. The first-order chi connectivity index (χ1) is 17.5. The fourth-order valence-electron chi connectivity index (χ4n) is 4.67. The number of amides is 1. The molecule has 0 radical (unpaired) electrons. The normalized spacial score (nSPS) is 14.1. The molecule has 1 amide bonds. The lowest BCUT2D eigenvalue weighted by atomic mass is 10.0. The Bertz CT molecular complexity index is 1700. The average Bonchev–Trinajstić information content (AvgIpc) is 3.58. The predicted octanol–water partition coefficient (Wildman–Crippen LogP) is 4.85. The van der Waals surface area contributed by atoms with E-state index in [0.717, 1.165) is 23.1 Å². The standard InChI is InChI=1S/C27H19F2N5O2/c28-21-6-5-16(13-22(21)29)27(8-9-27)34-12-2-4-19(26(34)36)25(35)33-23-15-30-11-7-17(23)20-14-32-24-18(20)3-1-10-31-24/h1-7,10-15H,8-9H2,(H,31,32)(H,33,35). The van der Waals surface area contributed by atoms with Gasteiger partial charge in [-0.15, -0.1) is 0 Å². The van der Waals surface area contributed by atoms with Gasteiger partial charge < -0.3 is 14.9 Å². The van der Waals surface area contributed by atoms with Crippen LogP contribution in [0.4, 0.5) is 14.5 Å². The van der Waals surface area contributed by atoms with E-state index in [1.54, 1.807) is 36.9 Å². The minimum Gasteiger partial charge on any atom is -0.346 e. The molecule has 5 aromatic rings. The number of nitrogens with zero attached hydrogens (tertiary/aromatic N) is 3. The van der Waals surface area contributed by atoms with Crippen molar-refractivity contribution in [2.45, 2.75) is 18.4 Å². The number of nitrogens with one attached hydrogen (secondary N) is 2. The van der Waals surface area contributed by atoms with E-state index in [2.05, 4.69) is 20.3 Å². The molecule has 0 bridgehead atoms. The summed E-state index contributed by atoms with van der Waals surface area (Å²) >= 11 is 0. The lowest BCUT2D eigenvalue weighted by Crippen LogP contribution is -2.35. The largest absolute Gasteiger partial charge is 0.346 e. The van der Waals surface area contributed by atoms with E-state index < -0.39 is 28.6 Å². The first-order valence-electron chi connectivity index (χ1n) is 11.3. The van der Waals surface area contributed by atoms with Crippen LogP contribution >= 0.6 is 0 Å². The fourth-order valence-corrected chi connectivity index (χ4v) is 4.67. The van der Waals surface area contributed by atoms with Gasteiger partial charge in [-0.3, -0.25) is 14.6 Å². The maximum atomic E-state index is 13.9. The molecule has 4 heterocycles. The summed E-state index contributed by atoms with van der Waals surface area (Å²) in [5.41, 5.74) is 1.79. The van der Waals surface area contributed by atoms with Crippen LogP contribution < -0.4 is 10.9 Å². The summed E-state index contributed by atoms with van der Waals surface area (Å²) in [6.45, 7) is 0. The maximum absolute atomic E-state index is 13.9. The molecule has 0 unspecified atom stereocenters. The Hall–Kier alpha value is -4.66. The molecular formula is C27H19F2N5O2. The van der Waals surface area contributed by atoms with Crippen molar-refractivity contribution in [3.05, 3.63) is 113 Å². The first-order valence-corrected chi connectivity index (χ1v) is 11.3. The van der Waals surface area contributed by atoms with Crippen LogP contribution in [-0.2, 0) is 5.54 Å². The Labute approximate surface area is 203 Å². The Balaban J connectivity index is 1.36. The predicted molar refractivity (Wildman–Crippen MR) is 131 cm³/mol. The van der Waals surface area contributed by atoms with Gasteiger partial charge in [0.2, 0.25) is 0 Å². The van der Waals surface area contributed by atoms with Gasteiger partial charge in [0.25, 0.3) is 11.5 Å². The van der Waals surface area contributed by atoms with Crippen molar-refractivity contribution >= 4 is 22.6 Å². The monoisotopic (exact) mass is 483 g/mol. The zero-order valence-electron chi connectivity index (χ0n) is 18.8. The van der Waals surface area contributed by atoms with E-state index in [4.69, 9.17) is 0 Å². The molecule has 0 spiro atoms. The third-order valence-corrected chi connectivity index (χ3v) is 6.64. The molecule has 4 aromatic heterocycles. The van der Waals surface area contributed by atoms with Gasteiger partial charge in [-0.2, -0.15) is 0 Å². The van der Waals surface area contributed by atoms with Crippen molar-refractivity contribution in [3.63, 3.8) is 0 Å². The molecule has 2 N–H and O–H groups in total. The van der Waals surface area contributed by atoms with E-state index >= 15 is 0 Å². The number of carbonyl (C=O) groups is 1. The van der Waals surface area contributed by atoms with Gasteiger partial charge in [-0.25, -0.2) is 13.8 Å². The van der Waals surface area contributed by atoms with Crippen LogP contribution in [0.1, 0.15) is 28.8 Å². The van der Waals surface area contributed by atoms with Gasteiger partial charge in [0.05, 0.1) is 17.4 Å². The minimum absolute atomic E-state index is 0.0678. The number of benzene rings is 1. The number of hydrogen-bond acceptors (Lipinski definition) is 4. The number of H-pyrrole nitrogens is 1. The summed E-state index contributed by atoms with van der Waals surface area (Å²) in [6.07, 6.45) is 9.35. The van der Waals surface area contributed by atoms with Gasteiger partial charge in [0, 0.05) is 41.3 Å². The van der Waals surface area contributed by atoms with E-state index in [-0.39, 0.29) is 5.56 Å². The van der Waals surface area contributed by atoms with Crippen molar-refractivity contribution in [1.82, 2.24) is 19.5 Å². The van der Waals surface area contributed by atoms with Gasteiger partial charge in [-0.1, -0.05) is 6.07 Å². The number of fused-ring (bicyclic) bond motifs is 1. The maximum Gasteiger partial charge on any atom is 0.264 e. The highest BCUT2D eigenvalue weighted by atomic mass is 19.2. The van der Waals surface area contributed by atoms with Crippen LogP contribution in [-0.4, -0.2) is 25.4 Å². The molecule has 1 fully saturated rings. The summed E-state index contributed by atoms with van der Waals surface area (Å²) in [5.74, 6) is -2.52. The number of rotatable bonds is 5. The Morgan fingerprint density at radius 2 is 1.89 bits per heavy atom. The van der Waals surface area contributed by atoms with Crippen LogP contribution in [0.2, 0.25) is 0 Å². The molecule has 178 valence electrons. The first kappa shape index (κ1) is 21.8. The molecule has 9 heteroatoms. The third kappa shape index (κ3) is 3.48. The summed E-state index contributed by atoms with van der Waals surface area (Å²) in [5, 5.41) is 3.70. The van der Waals surface area contributed by atoms with E-state index in [9.17, 15) is 18.4 Å². The van der Waals surface area contributed by atoms with Gasteiger partial charge in [0.1, 0.15) is 11.2 Å². The number of anilines is 1. The molecule has 1 aliphatic carbocycles.